The van der Waals surface area contributed by atoms with Crippen LogP contribution in [0, 0.1) is 5.92 Å². The third kappa shape index (κ3) is 6.72. The summed E-state index contributed by atoms with van der Waals surface area (Å²) in [4.78, 5) is 13.5. The fraction of sp³-hybridized carbons (Fsp3) is 0.458. The van der Waals surface area contributed by atoms with Crippen LogP contribution in [-0.4, -0.2) is 32.4 Å². The molecule has 31 heavy (non-hydrogen) atoms. The van der Waals surface area contributed by atoms with Crippen LogP contribution in [0.1, 0.15) is 51.5 Å². The molecular weight excluding hydrogens is 412 g/mol. The van der Waals surface area contributed by atoms with E-state index in [4.69, 9.17) is 4.74 Å². The zero-order valence-electron chi connectivity index (χ0n) is 18.3. The standard InChI is InChI=1S/C24H32N2O4S/c1-3-26(19(2)27)17-21-10-7-11-22(16-21)25-31(28,29)24-14-12-23(13-15-24)30-18-20-8-5-4-6-9-20/h7,10-16,20,25H,3-6,8-9,17-18H2,1-2H3. The number of carbonyl (C=O) groups excluding carboxylic acids is 1. The van der Waals surface area contributed by atoms with E-state index in [1.54, 1.807) is 47.4 Å². The zero-order chi connectivity index (χ0) is 22.3. The Kier molecular flexibility index (Phi) is 7.96. The molecule has 2 aromatic carbocycles. The number of anilines is 1. The van der Waals surface area contributed by atoms with Crippen molar-refractivity contribution in [3.8, 4) is 5.75 Å². The highest BCUT2D eigenvalue weighted by atomic mass is 32.2. The molecule has 0 unspecified atom stereocenters. The molecule has 7 heteroatoms. The van der Waals surface area contributed by atoms with Crippen LogP contribution in [0.4, 0.5) is 5.69 Å². The second-order valence-electron chi connectivity index (χ2n) is 8.13. The maximum Gasteiger partial charge on any atom is 0.261 e. The summed E-state index contributed by atoms with van der Waals surface area (Å²) in [6.07, 6.45) is 6.26. The SMILES string of the molecule is CCN(Cc1cccc(NS(=O)(=O)c2ccc(OCC3CCCCC3)cc2)c1)C(C)=O. The summed E-state index contributed by atoms with van der Waals surface area (Å²) in [5.74, 6) is 1.27. The van der Waals surface area contributed by atoms with Crippen LogP contribution in [-0.2, 0) is 21.4 Å². The number of amides is 1. The first-order valence-corrected chi connectivity index (χ1v) is 12.5. The van der Waals surface area contributed by atoms with Crippen LogP contribution in [0.5, 0.6) is 5.75 Å². The number of carbonyl (C=O) groups is 1. The van der Waals surface area contributed by atoms with E-state index in [9.17, 15) is 13.2 Å². The lowest BCUT2D eigenvalue weighted by Crippen LogP contribution is -2.27. The highest BCUT2D eigenvalue weighted by molar-refractivity contribution is 7.92. The number of nitrogens with zero attached hydrogens (tertiary/aromatic N) is 1. The predicted octanol–water partition coefficient (Wildman–Crippen LogP) is 4.81. The first-order chi connectivity index (χ1) is 14.9. The van der Waals surface area contributed by atoms with Crippen molar-refractivity contribution in [1.82, 2.24) is 4.90 Å². The van der Waals surface area contributed by atoms with E-state index < -0.39 is 10.0 Å². The van der Waals surface area contributed by atoms with E-state index in [-0.39, 0.29) is 10.8 Å². The van der Waals surface area contributed by atoms with Crippen LogP contribution >= 0.6 is 0 Å². The number of nitrogens with one attached hydrogen (secondary N) is 1. The topological polar surface area (TPSA) is 75.7 Å². The van der Waals surface area contributed by atoms with Gasteiger partial charge in [-0.25, -0.2) is 8.42 Å². The molecule has 1 amide bonds. The molecule has 1 fully saturated rings. The Morgan fingerprint density at radius 1 is 1.10 bits per heavy atom. The number of rotatable bonds is 9. The molecule has 1 N–H and O–H groups in total. The Morgan fingerprint density at radius 2 is 1.81 bits per heavy atom. The molecule has 0 radical (unpaired) electrons. The maximum absolute atomic E-state index is 12.8. The number of hydrogen-bond donors (Lipinski definition) is 1. The van der Waals surface area contributed by atoms with Crippen LogP contribution in [0.2, 0.25) is 0 Å². The van der Waals surface area contributed by atoms with Gasteiger partial charge in [0.2, 0.25) is 5.91 Å². The summed E-state index contributed by atoms with van der Waals surface area (Å²) in [5.41, 5.74) is 1.33. The molecule has 168 valence electrons. The molecule has 1 saturated carbocycles. The Hall–Kier alpha value is -2.54. The van der Waals surface area contributed by atoms with Crippen molar-refractivity contribution in [2.24, 2.45) is 5.92 Å². The quantitative estimate of drug-likeness (QED) is 0.602. The zero-order valence-corrected chi connectivity index (χ0v) is 19.2. The summed E-state index contributed by atoms with van der Waals surface area (Å²) in [6, 6.07) is 13.7. The number of ether oxygens (including phenoxy) is 1. The van der Waals surface area contributed by atoms with Gasteiger partial charge in [-0.05, 0) is 67.6 Å². The average molecular weight is 445 g/mol. The van der Waals surface area contributed by atoms with Gasteiger partial charge in [-0.15, -0.1) is 0 Å². The van der Waals surface area contributed by atoms with Gasteiger partial charge in [-0.3, -0.25) is 9.52 Å². The predicted molar refractivity (Wildman–Crippen MR) is 123 cm³/mol. The van der Waals surface area contributed by atoms with E-state index in [0.29, 0.717) is 37.1 Å². The monoisotopic (exact) mass is 444 g/mol. The molecule has 0 spiro atoms. The second kappa shape index (κ2) is 10.7. The molecule has 0 bridgehead atoms. The van der Waals surface area contributed by atoms with Crippen molar-refractivity contribution in [3.05, 3.63) is 54.1 Å². The van der Waals surface area contributed by atoms with Crippen LogP contribution in [0.15, 0.2) is 53.4 Å². The van der Waals surface area contributed by atoms with Crippen molar-refractivity contribution >= 4 is 21.6 Å². The number of hydrogen-bond acceptors (Lipinski definition) is 4. The molecule has 3 rings (SSSR count). The van der Waals surface area contributed by atoms with Crippen LogP contribution in [0.25, 0.3) is 0 Å². The summed E-state index contributed by atoms with van der Waals surface area (Å²) in [5, 5.41) is 0. The van der Waals surface area contributed by atoms with Gasteiger partial charge in [0.05, 0.1) is 11.5 Å². The van der Waals surface area contributed by atoms with Crippen LogP contribution in [0.3, 0.4) is 0 Å². The molecule has 0 saturated heterocycles. The van der Waals surface area contributed by atoms with Crippen molar-refractivity contribution in [1.29, 1.82) is 0 Å². The molecule has 1 aliphatic rings. The summed E-state index contributed by atoms with van der Waals surface area (Å²) in [6.45, 7) is 5.16. The molecule has 0 aliphatic heterocycles. The van der Waals surface area contributed by atoms with E-state index in [1.807, 2.05) is 13.0 Å². The summed E-state index contributed by atoms with van der Waals surface area (Å²) in [7, 11) is -3.72. The van der Waals surface area contributed by atoms with E-state index >= 15 is 0 Å². The minimum absolute atomic E-state index is 0.0146. The number of sulfonamides is 1. The molecule has 6 nitrogen and oxygen atoms in total. The van der Waals surface area contributed by atoms with E-state index in [1.165, 1.54) is 39.0 Å². The van der Waals surface area contributed by atoms with Gasteiger partial charge < -0.3 is 9.64 Å². The van der Waals surface area contributed by atoms with Gasteiger partial charge in [0.1, 0.15) is 5.75 Å². The average Bonchev–Trinajstić information content (AvgIpc) is 2.77. The molecule has 1 aliphatic carbocycles. The lowest BCUT2D eigenvalue weighted by atomic mass is 9.90. The Balaban J connectivity index is 1.62. The van der Waals surface area contributed by atoms with E-state index in [2.05, 4.69) is 4.72 Å². The van der Waals surface area contributed by atoms with Crippen molar-refractivity contribution in [2.75, 3.05) is 17.9 Å². The third-order valence-electron chi connectivity index (χ3n) is 5.72. The largest absolute Gasteiger partial charge is 0.493 e. The number of benzene rings is 2. The minimum Gasteiger partial charge on any atom is -0.493 e. The van der Waals surface area contributed by atoms with Gasteiger partial charge in [0.15, 0.2) is 0 Å². The Bertz CT molecular complexity index is 967. The smallest absolute Gasteiger partial charge is 0.261 e. The third-order valence-corrected chi connectivity index (χ3v) is 7.12. The lowest BCUT2D eigenvalue weighted by molar-refractivity contribution is -0.129. The van der Waals surface area contributed by atoms with Gasteiger partial charge >= 0.3 is 0 Å². The summed E-state index contributed by atoms with van der Waals surface area (Å²) < 4.78 is 34.1. The highest BCUT2D eigenvalue weighted by Crippen LogP contribution is 2.25. The van der Waals surface area contributed by atoms with Gasteiger partial charge in [-0.1, -0.05) is 31.4 Å². The molecule has 0 aromatic heterocycles. The van der Waals surface area contributed by atoms with Gasteiger partial charge in [0.25, 0.3) is 10.0 Å². The fourth-order valence-electron chi connectivity index (χ4n) is 3.90. The summed E-state index contributed by atoms with van der Waals surface area (Å²) >= 11 is 0. The molecule has 0 heterocycles. The second-order valence-corrected chi connectivity index (χ2v) is 9.81. The highest BCUT2D eigenvalue weighted by Gasteiger charge is 2.17. The van der Waals surface area contributed by atoms with Gasteiger partial charge in [0, 0.05) is 25.7 Å². The Morgan fingerprint density at radius 3 is 2.45 bits per heavy atom. The molecule has 2 aromatic rings. The van der Waals surface area contributed by atoms with Crippen molar-refractivity contribution in [2.45, 2.75) is 57.4 Å². The minimum atomic E-state index is -3.72. The van der Waals surface area contributed by atoms with E-state index in [0.717, 1.165) is 5.56 Å². The first-order valence-electron chi connectivity index (χ1n) is 11.0. The molecular formula is C24H32N2O4S. The molecule has 0 atom stereocenters. The Labute approximate surface area is 185 Å². The normalized spacial score (nSPS) is 14.8. The van der Waals surface area contributed by atoms with Gasteiger partial charge in [-0.2, -0.15) is 0 Å². The van der Waals surface area contributed by atoms with Crippen molar-refractivity contribution in [3.63, 3.8) is 0 Å². The maximum atomic E-state index is 12.8. The fourth-order valence-corrected chi connectivity index (χ4v) is 4.95. The lowest BCUT2D eigenvalue weighted by Gasteiger charge is -2.21. The first kappa shape index (κ1) is 23.1. The van der Waals surface area contributed by atoms with Crippen molar-refractivity contribution < 1.29 is 17.9 Å². The van der Waals surface area contributed by atoms with Crippen LogP contribution < -0.4 is 9.46 Å².